The summed E-state index contributed by atoms with van der Waals surface area (Å²) < 4.78 is 11.8. The molecule has 0 bridgehead atoms. The topological polar surface area (TPSA) is 59.9 Å². The summed E-state index contributed by atoms with van der Waals surface area (Å²) in [5.41, 5.74) is 5.47. The second-order valence-electron chi connectivity index (χ2n) is 7.53. The van der Waals surface area contributed by atoms with Gasteiger partial charge in [-0.1, -0.05) is 83.9 Å². The summed E-state index contributed by atoms with van der Waals surface area (Å²) in [7, 11) is 0. The first-order valence-electron chi connectivity index (χ1n) is 10.8. The van der Waals surface area contributed by atoms with Crippen LogP contribution < -0.4 is 14.9 Å². The van der Waals surface area contributed by atoms with E-state index in [0.29, 0.717) is 33.7 Å². The molecule has 0 spiro atoms. The molecule has 0 radical (unpaired) electrons. The Labute approximate surface area is 213 Å². The van der Waals surface area contributed by atoms with Gasteiger partial charge < -0.3 is 9.47 Å². The van der Waals surface area contributed by atoms with E-state index in [9.17, 15) is 4.79 Å². The molecular formula is C28H22Cl2N2O3. The molecule has 0 atom stereocenters. The van der Waals surface area contributed by atoms with Gasteiger partial charge in [-0.25, -0.2) is 5.43 Å². The van der Waals surface area contributed by atoms with Crippen molar-refractivity contribution in [3.63, 3.8) is 0 Å². The summed E-state index contributed by atoms with van der Waals surface area (Å²) in [5, 5.41) is 5.16. The van der Waals surface area contributed by atoms with E-state index < -0.39 is 5.91 Å². The van der Waals surface area contributed by atoms with Gasteiger partial charge in [0.05, 0.1) is 11.8 Å². The van der Waals surface area contributed by atoms with Crippen molar-refractivity contribution in [1.82, 2.24) is 5.43 Å². The van der Waals surface area contributed by atoms with Gasteiger partial charge in [-0.05, 0) is 42.0 Å². The molecule has 0 saturated heterocycles. The van der Waals surface area contributed by atoms with Crippen molar-refractivity contribution < 1.29 is 14.3 Å². The lowest BCUT2D eigenvalue weighted by Crippen LogP contribution is -2.18. The lowest BCUT2D eigenvalue weighted by molar-refractivity contribution is 0.0950. The van der Waals surface area contributed by atoms with Crippen molar-refractivity contribution in [2.24, 2.45) is 5.10 Å². The number of ether oxygens (including phenoxy) is 2. The van der Waals surface area contributed by atoms with Crippen molar-refractivity contribution in [3.8, 4) is 11.5 Å². The van der Waals surface area contributed by atoms with E-state index in [1.807, 2.05) is 54.6 Å². The molecule has 0 saturated carbocycles. The van der Waals surface area contributed by atoms with Gasteiger partial charge in [-0.15, -0.1) is 0 Å². The fraction of sp³-hybridized carbons (Fsp3) is 0.0714. The lowest BCUT2D eigenvalue weighted by atomic mass is 10.2. The molecule has 1 amide bonds. The molecule has 0 unspecified atom stereocenters. The first-order chi connectivity index (χ1) is 17.1. The minimum Gasteiger partial charge on any atom is -0.488 e. The number of rotatable bonds is 9. The molecule has 5 nitrogen and oxygen atoms in total. The largest absolute Gasteiger partial charge is 0.488 e. The first kappa shape index (κ1) is 24.3. The van der Waals surface area contributed by atoms with E-state index >= 15 is 0 Å². The predicted octanol–water partition coefficient (Wildman–Crippen LogP) is 6.92. The van der Waals surface area contributed by atoms with Crippen LogP contribution >= 0.6 is 23.2 Å². The van der Waals surface area contributed by atoms with Crippen LogP contribution in [0.4, 0.5) is 0 Å². The molecular weight excluding hydrogens is 483 g/mol. The number of benzene rings is 4. The smallest absolute Gasteiger partial charge is 0.275 e. The zero-order valence-electron chi connectivity index (χ0n) is 18.7. The van der Waals surface area contributed by atoms with E-state index in [4.69, 9.17) is 32.7 Å². The molecule has 7 heteroatoms. The Bertz CT molecular complexity index is 1330. The third kappa shape index (κ3) is 6.85. The lowest BCUT2D eigenvalue weighted by Gasteiger charge is -2.11. The molecule has 4 aromatic rings. The van der Waals surface area contributed by atoms with Gasteiger partial charge in [-0.3, -0.25) is 4.79 Å². The SMILES string of the molecule is O=C(N/N=C\c1ccccc1OCc1ccccc1)c1ccccc1OCc1ccc(Cl)cc1Cl. The van der Waals surface area contributed by atoms with Crippen molar-refractivity contribution in [1.29, 1.82) is 0 Å². The minimum absolute atomic E-state index is 0.190. The number of hydrogen-bond acceptors (Lipinski definition) is 4. The molecule has 0 heterocycles. The number of hydrazone groups is 1. The Hall–Kier alpha value is -3.80. The molecule has 35 heavy (non-hydrogen) atoms. The van der Waals surface area contributed by atoms with Crippen LogP contribution in [0.1, 0.15) is 27.0 Å². The second-order valence-corrected chi connectivity index (χ2v) is 8.38. The molecule has 4 rings (SSSR count). The highest BCUT2D eigenvalue weighted by molar-refractivity contribution is 6.35. The summed E-state index contributed by atoms with van der Waals surface area (Å²) in [6.45, 7) is 0.621. The summed E-state index contributed by atoms with van der Waals surface area (Å²) in [6, 6.07) is 29.5. The number of nitrogens with zero attached hydrogens (tertiary/aromatic N) is 1. The molecule has 176 valence electrons. The molecule has 0 aliphatic heterocycles. The molecule has 0 fully saturated rings. The monoisotopic (exact) mass is 504 g/mol. The summed E-state index contributed by atoms with van der Waals surface area (Å²) in [5.74, 6) is 0.678. The van der Waals surface area contributed by atoms with E-state index in [1.54, 1.807) is 48.7 Å². The van der Waals surface area contributed by atoms with Crippen molar-refractivity contribution in [2.75, 3.05) is 0 Å². The van der Waals surface area contributed by atoms with Crippen LogP contribution in [0.3, 0.4) is 0 Å². The molecule has 0 aliphatic rings. The second kappa shape index (κ2) is 12.1. The van der Waals surface area contributed by atoms with Gasteiger partial charge in [-0.2, -0.15) is 5.10 Å². The Morgan fingerprint density at radius 1 is 0.800 bits per heavy atom. The number of carbonyl (C=O) groups is 1. The zero-order valence-corrected chi connectivity index (χ0v) is 20.2. The Morgan fingerprint density at radius 2 is 1.49 bits per heavy atom. The van der Waals surface area contributed by atoms with Crippen LogP contribution in [0.15, 0.2) is 102 Å². The minimum atomic E-state index is -0.401. The first-order valence-corrected chi connectivity index (χ1v) is 11.6. The summed E-state index contributed by atoms with van der Waals surface area (Å²) in [4.78, 5) is 12.8. The van der Waals surface area contributed by atoms with Crippen LogP contribution in [0.5, 0.6) is 11.5 Å². The molecule has 0 aliphatic carbocycles. The number of nitrogens with one attached hydrogen (secondary N) is 1. The number of carbonyl (C=O) groups excluding carboxylic acids is 1. The zero-order chi connectivity index (χ0) is 24.5. The van der Waals surface area contributed by atoms with E-state index in [0.717, 1.165) is 16.7 Å². The van der Waals surface area contributed by atoms with E-state index in [1.165, 1.54) is 0 Å². The van der Waals surface area contributed by atoms with Gasteiger partial charge in [0.25, 0.3) is 5.91 Å². The van der Waals surface area contributed by atoms with Crippen molar-refractivity contribution >= 4 is 35.3 Å². The van der Waals surface area contributed by atoms with Crippen LogP contribution in [-0.2, 0) is 13.2 Å². The predicted molar refractivity (Wildman–Crippen MR) is 140 cm³/mol. The van der Waals surface area contributed by atoms with E-state index in [2.05, 4.69) is 10.5 Å². The Balaban J connectivity index is 1.40. The summed E-state index contributed by atoms with van der Waals surface area (Å²) in [6.07, 6.45) is 1.55. The highest BCUT2D eigenvalue weighted by Gasteiger charge is 2.12. The maximum absolute atomic E-state index is 12.8. The number of hydrogen-bond donors (Lipinski definition) is 1. The van der Waals surface area contributed by atoms with Gasteiger partial charge in [0.15, 0.2) is 0 Å². The maximum atomic E-state index is 12.8. The normalized spacial score (nSPS) is 10.8. The average molecular weight is 505 g/mol. The maximum Gasteiger partial charge on any atom is 0.275 e. The fourth-order valence-corrected chi connectivity index (χ4v) is 3.71. The van der Waals surface area contributed by atoms with Crippen molar-refractivity contribution in [2.45, 2.75) is 13.2 Å². The Morgan fingerprint density at radius 3 is 2.29 bits per heavy atom. The third-order valence-electron chi connectivity index (χ3n) is 5.06. The van der Waals surface area contributed by atoms with Crippen LogP contribution in [0.25, 0.3) is 0 Å². The fourth-order valence-electron chi connectivity index (χ4n) is 3.25. The van der Waals surface area contributed by atoms with Gasteiger partial charge in [0.2, 0.25) is 0 Å². The van der Waals surface area contributed by atoms with E-state index in [-0.39, 0.29) is 6.61 Å². The molecule has 0 aromatic heterocycles. The number of halogens is 2. The highest BCUT2D eigenvalue weighted by Crippen LogP contribution is 2.24. The van der Waals surface area contributed by atoms with Crippen molar-refractivity contribution in [3.05, 3.63) is 129 Å². The average Bonchev–Trinajstić information content (AvgIpc) is 2.88. The quantitative estimate of drug-likeness (QED) is 0.199. The van der Waals surface area contributed by atoms with Crippen LogP contribution in [0, 0.1) is 0 Å². The van der Waals surface area contributed by atoms with Crippen LogP contribution in [-0.4, -0.2) is 12.1 Å². The molecule has 4 aromatic carbocycles. The van der Waals surface area contributed by atoms with Gasteiger partial charge in [0.1, 0.15) is 24.7 Å². The number of amides is 1. The highest BCUT2D eigenvalue weighted by atomic mass is 35.5. The third-order valence-corrected chi connectivity index (χ3v) is 5.64. The van der Waals surface area contributed by atoms with Gasteiger partial charge >= 0.3 is 0 Å². The standard InChI is InChI=1S/C28H22Cl2N2O3/c29-23-15-14-22(25(30)16-23)19-35-27-13-7-5-11-24(27)28(33)32-31-17-21-10-4-6-12-26(21)34-18-20-8-2-1-3-9-20/h1-17H,18-19H2,(H,32,33)/b31-17-. The number of para-hydroxylation sites is 2. The van der Waals surface area contributed by atoms with Gasteiger partial charge in [0, 0.05) is 21.2 Å². The molecule has 1 N–H and O–H groups in total. The summed E-state index contributed by atoms with van der Waals surface area (Å²) >= 11 is 12.2. The Kier molecular flexibility index (Phi) is 8.39. The van der Waals surface area contributed by atoms with Crippen LogP contribution in [0.2, 0.25) is 10.0 Å².